The van der Waals surface area contributed by atoms with Gasteiger partial charge in [-0.2, -0.15) is 0 Å². The first-order chi connectivity index (χ1) is 11.5. The van der Waals surface area contributed by atoms with Gasteiger partial charge in [0, 0.05) is 12.6 Å². The molecule has 0 amide bonds. The fourth-order valence-corrected chi connectivity index (χ4v) is 3.53. The molecule has 1 aromatic heterocycles. The number of hydrogen-bond acceptors (Lipinski definition) is 5. The Morgan fingerprint density at radius 2 is 1.92 bits per heavy atom. The molecular weight excluding hydrogens is 302 g/mol. The van der Waals surface area contributed by atoms with Crippen molar-refractivity contribution in [3.05, 3.63) is 41.7 Å². The normalized spacial score (nSPS) is 22.2. The van der Waals surface area contributed by atoms with Crippen LogP contribution in [0.2, 0.25) is 0 Å². The van der Waals surface area contributed by atoms with Crippen LogP contribution in [-0.4, -0.2) is 49.4 Å². The van der Waals surface area contributed by atoms with E-state index in [0.29, 0.717) is 0 Å². The first-order valence-corrected chi connectivity index (χ1v) is 8.70. The fraction of sp³-hybridized carbons (Fsp3) is 0.611. The van der Waals surface area contributed by atoms with Crippen molar-refractivity contribution in [1.29, 1.82) is 0 Å². The molecule has 24 heavy (non-hydrogen) atoms. The van der Waals surface area contributed by atoms with Gasteiger partial charge in [0.05, 0.1) is 18.2 Å². The van der Waals surface area contributed by atoms with E-state index in [0.717, 1.165) is 31.6 Å². The van der Waals surface area contributed by atoms with E-state index in [2.05, 4.69) is 65.5 Å². The van der Waals surface area contributed by atoms with Crippen LogP contribution in [0.15, 0.2) is 30.3 Å². The zero-order valence-electron chi connectivity index (χ0n) is 14.8. The van der Waals surface area contributed by atoms with Gasteiger partial charge >= 0.3 is 0 Å². The molecule has 1 fully saturated rings. The summed E-state index contributed by atoms with van der Waals surface area (Å²) < 4.78 is 1.92. The Kier molecular flexibility index (Phi) is 4.96. The topological polar surface area (TPSA) is 67.1 Å². The number of hydrogen-bond donors (Lipinski definition) is 1. The van der Waals surface area contributed by atoms with E-state index in [1.807, 2.05) is 10.7 Å². The van der Waals surface area contributed by atoms with Crippen molar-refractivity contribution in [1.82, 2.24) is 25.1 Å². The van der Waals surface area contributed by atoms with Crippen LogP contribution in [0, 0.1) is 0 Å². The predicted molar refractivity (Wildman–Crippen MR) is 92.5 cm³/mol. The number of aromatic nitrogens is 4. The Bertz CT molecular complexity index is 649. The Balaban J connectivity index is 1.80. The van der Waals surface area contributed by atoms with Crippen molar-refractivity contribution in [2.24, 2.45) is 0 Å². The lowest BCUT2D eigenvalue weighted by atomic mass is 10.1. The zero-order valence-corrected chi connectivity index (χ0v) is 14.8. The summed E-state index contributed by atoms with van der Waals surface area (Å²) in [7, 11) is 0. The van der Waals surface area contributed by atoms with Crippen molar-refractivity contribution < 1.29 is 5.11 Å². The molecule has 130 valence electrons. The van der Waals surface area contributed by atoms with Crippen molar-refractivity contribution >= 4 is 0 Å². The Morgan fingerprint density at radius 1 is 1.17 bits per heavy atom. The summed E-state index contributed by atoms with van der Waals surface area (Å²) in [5, 5.41) is 22.2. The quantitative estimate of drug-likeness (QED) is 0.910. The van der Waals surface area contributed by atoms with Crippen molar-refractivity contribution in [3.8, 4) is 0 Å². The van der Waals surface area contributed by atoms with Gasteiger partial charge in [0.2, 0.25) is 0 Å². The van der Waals surface area contributed by atoms with Gasteiger partial charge in [-0.1, -0.05) is 30.3 Å². The lowest BCUT2D eigenvalue weighted by Gasteiger charge is -2.30. The molecule has 0 saturated carbocycles. The standard InChI is InChI=1S/C18H27N5O/c1-18(2,3)23-17(19-20-21-23)16-10-9-15(13-24)22(16)12-11-14-7-5-4-6-8-14/h4-8,15-16,24H,9-13H2,1-3H3/t15-,16-/m0/s1. The van der Waals surface area contributed by atoms with Gasteiger partial charge in [-0.15, -0.1) is 5.10 Å². The van der Waals surface area contributed by atoms with Crippen LogP contribution in [0.3, 0.4) is 0 Å². The van der Waals surface area contributed by atoms with Crippen LogP contribution in [0.1, 0.15) is 51.0 Å². The second kappa shape index (κ2) is 6.99. The third-order valence-corrected chi connectivity index (χ3v) is 4.78. The molecule has 2 aromatic rings. The highest BCUT2D eigenvalue weighted by Crippen LogP contribution is 2.36. The Hall–Kier alpha value is -1.79. The average molecular weight is 329 g/mol. The molecule has 1 N–H and O–H groups in total. The van der Waals surface area contributed by atoms with Crippen LogP contribution >= 0.6 is 0 Å². The van der Waals surface area contributed by atoms with Gasteiger partial charge in [0.25, 0.3) is 0 Å². The molecule has 0 aliphatic carbocycles. The largest absolute Gasteiger partial charge is 0.395 e. The molecule has 3 rings (SSSR count). The van der Waals surface area contributed by atoms with Gasteiger partial charge < -0.3 is 5.11 Å². The summed E-state index contributed by atoms with van der Waals surface area (Å²) in [6.07, 6.45) is 2.92. The fourth-order valence-electron chi connectivity index (χ4n) is 3.53. The van der Waals surface area contributed by atoms with E-state index in [9.17, 15) is 5.11 Å². The third-order valence-electron chi connectivity index (χ3n) is 4.78. The van der Waals surface area contributed by atoms with E-state index >= 15 is 0 Å². The molecule has 1 aliphatic heterocycles. The van der Waals surface area contributed by atoms with Crippen LogP contribution in [0.25, 0.3) is 0 Å². The SMILES string of the molecule is CC(C)(C)n1nnnc1[C@@H]1CC[C@@H](CO)N1CCc1ccccc1. The minimum absolute atomic E-state index is 0.152. The van der Waals surface area contributed by atoms with E-state index in [4.69, 9.17) is 0 Å². The van der Waals surface area contributed by atoms with Crippen molar-refractivity contribution in [2.45, 2.75) is 57.7 Å². The molecular formula is C18H27N5O. The van der Waals surface area contributed by atoms with Gasteiger partial charge in [-0.3, -0.25) is 4.90 Å². The van der Waals surface area contributed by atoms with Crippen LogP contribution in [0.5, 0.6) is 0 Å². The molecule has 0 spiro atoms. The van der Waals surface area contributed by atoms with E-state index < -0.39 is 0 Å². The summed E-state index contributed by atoms with van der Waals surface area (Å²) in [5.74, 6) is 0.909. The van der Waals surface area contributed by atoms with Crippen LogP contribution in [0.4, 0.5) is 0 Å². The molecule has 0 unspecified atom stereocenters. The molecule has 6 heteroatoms. The van der Waals surface area contributed by atoms with Gasteiger partial charge in [0.1, 0.15) is 0 Å². The number of aliphatic hydroxyl groups is 1. The average Bonchev–Trinajstić information content (AvgIpc) is 3.19. The summed E-state index contributed by atoms with van der Waals surface area (Å²) in [4.78, 5) is 2.38. The second-order valence-electron chi connectivity index (χ2n) is 7.52. The lowest BCUT2D eigenvalue weighted by molar-refractivity contribution is 0.122. The van der Waals surface area contributed by atoms with Gasteiger partial charge in [-0.25, -0.2) is 4.68 Å². The maximum Gasteiger partial charge on any atom is 0.168 e. The second-order valence-corrected chi connectivity index (χ2v) is 7.52. The molecule has 2 heterocycles. The monoisotopic (exact) mass is 329 g/mol. The molecule has 1 aromatic carbocycles. The Labute approximate surface area is 143 Å². The van der Waals surface area contributed by atoms with E-state index in [1.165, 1.54) is 5.56 Å². The third kappa shape index (κ3) is 3.49. The number of likely N-dealkylation sites (tertiary alicyclic amines) is 1. The van der Waals surface area contributed by atoms with Crippen molar-refractivity contribution in [3.63, 3.8) is 0 Å². The highest BCUT2D eigenvalue weighted by Gasteiger charge is 2.38. The minimum Gasteiger partial charge on any atom is -0.395 e. The van der Waals surface area contributed by atoms with Gasteiger partial charge in [0.15, 0.2) is 5.82 Å². The molecule has 1 aliphatic rings. The number of nitrogens with zero attached hydrogens (tertiary/aromatic N) is 5. The molecule has 2 atom stereocenters. The maximum absolute atomic E-state index is 9.78. The molecule has 6 nitrogen and oxygen atoms in total. The lowest BCUT2D eigenvalue weighted by Crippen LogP contribution is -2.38. The minimum atomic E-state index is -0.152. The summed E-state index contributed by atoms with van der Waals surface area (Å²) >= 11 is 0. The summed E-state index contributed by atoms with van der Waals surface area (Å²) in [6, 6.07) is 10.8. The molecule has 1 saturated heterocycles. The van der Waals surface area contributed by atoms with Crippen LogP contribution in [-0.2, 0) is 12.0 Å². The highest BCUT2D eigenvalue weighted by molar-refractivity contribution is 5.15. The number of benzene rings is 1. The zero-order chi connectivity index (χ0) is 17.2. The number of aliphatic hydroxyl groups excluding tert-OH is 1. The molecule has 0 radical (unpaired) electrons. The summed E-state index contributed by atoms with van der Waals surface area (Å²) in [5.41, 5.74) is 1.16. The van der Waals surface area contributed by atoms with Crippen molar-refractivity contribution in [2.75, 3.05) is 13.2 Å². The van der Waals surface area contributed by atoms with E-state index in [1.54, 1.807) is 0 Å². The highest BCUT2D eigenvalue weighted by atomic mass is 16.3. The molecule has 0 bridgehead atoms. The predicted octanol–water partition coefficient (Wildman–Crippen LogP) is 2.17. The number of rotatable bonds is 5. The van der Waals surface area contributed by atoms with E-state index in [-0.39, 0.29) is 24.2 Å². The Morgan fingerprint density at radius 3 is 2.58 bits per heavy atom. The summed E-state index contributed by atoms with van der Waals surface area (Å²) in [6.45, 7) is 7.41. The number of tetrazole rings is 1. The first-order valence-electron chi connectivity index (χ1n) is 8.70. The van der Waals surface area contributed by atoms with Crippen LogP contribution < -0.4 is 0 Å². The van der Waals surface area contributed by atoms with Gasteiger partial charge in [-0.05, 0) is 56.0 Å². The maximum atomic E-state index is 9.78. The smallest absolute Gasteiger partial charge is 0.168 e. The first kappa shape index (κ1) is 17.0.